The molecule has 0 saturated carbocycles. The number of hydrogen-bond donors (Lipinski definition) is 2. The lowest BCUT2D eigenvalue weighted by atomic mass is 10.2. The quantitative estimate of drug-likeness (QED) is 0.434. The van der Waals surface area contributed by atoms with Crippen molar-refractivity contribution in [2.24, 2.45) is 0 Å². The Morgan fingerprint density at radius 1 is 1.18 bits per heavy atom. The third-order valence-electron chi connectivity index (χ3n) is 3.54. The van der Waals surface area contributed by atoms with Gasteiger partial charge in [0.05, 0.1) is 6.61 Å². The molecule has 1 aliphatic heterocycles. The van der Waals surface area contributed by atoms with E-state index in [0.717, 1.165) is 8.53 Å². The Morgan fingerprint density at radius 3 is 2.71 bits per heavy atom. The van der Waals surface area contributed by atoms with Crippen LogP contribution in [0.25, 0.3) is 0 Å². The highest BCUT2D eigenvalue weighted by atomic mass is 127. The molecule has 8 heteroatoms. The number of rotatable bonds is 7. The van der Waals surface area contributed by atoms with E-state index in [-0.39, 0.29) is 23.2 Å². The fraction of sp³-hybridized carbons (Fsp3) is 0.150. The Bertz CT molecular complexity index is 943. The number of aromatic hydroxyl groups is 1. The van der Waals surface area contributed by atoms with Gasteiger partial charge in [-0.2, -0.15) is 0 Å². The highest BCUT2D eigenvalue weighted by Crippen LogP contribution is 2.32. The molecule has 1 aliphatic rings. The lowest BCUT2D eigenvalue weighted by Crippen LogP contribution is -2.26. The van der Waals surface area contributed by atoms with Crippen molar-refractivity contribution in [3.8, 4) is 11.5 Å². The van der Waals surface area contributed by atoms with Gasteiger partial charge in [-0.1, -0.05) is 62.8 Å². The van der Waals surface area contributed by atoms with Crippen molar-refractivity contribution < 1.29 is 24.2 Å². The average molecular weight is 511 g/mol. The van der Waals surface area contributed by atoms with Crippen molar-refractivity contribution >= 4 is 47.3 Å². The predicted molar refractivity (Wildman–Crippen MR) is 118 cm³/mol. The van der Waals surface area contributed by atoms with E-state index >= 15 is 0 Å². The predicted octanol–water partition coefficient (Wildman–Crippen LogP) is 3.91. The van der Waals surface area contributed by atoms with Gasteiger partial charge in [-0.15, -0.1) is 0 Å². The number of halogens is 1. The van der Waals surface area contributed by atoms with E-state index in [0.29, 0.717) is 23.9 Å². The fourth-order valence-corrected chi connectivity index (χ4v) is 6.14. The van der Waals surface area contributed by atoms with Crippen LogP contribution < -0.4 is 10.1 Å². The molecule has 0 aromatic heterocycles. The highest BCUT2D eigenvalue weighted by Gasteiger charge is 2.20. The summed E-state index contributed by atoms with van der Waals surface area (Å²) >= 11 is 0.627. The van der Waals surface area contributed by atoms with Gasteiger partial charge < -0.3 is 19.9 Å². The molecule has 2 aromatic carbocycles. The molecular formula is C20H18INO5S. The van der Waals surface area contributed by atoms with E-state index in [4.69, 9.17) is 9.47 Å². The Kier molecular flexibility index (Phi) is 7.10. The highest BCUT2D eigenvalue weighted by molar-refractivity contribution is 14.2. The molecule has 6 nitrogen and oxygen atoms in total. The summed E-state index contributed by atoms with van der Waals surface area (Å²) in [6.07, 6.45) is 0. The molecule has 28 heavy (non-hydrogen) atoms. The van der Waals surface area contributed by atoms with Gasteiger partial charge in [-0.3, -0.25) is 4.79 Å². The van der Waals surface area contributed by atoms with Gasteiger partial charge >= 0.3 is 5.97 Å². The van der Waals surface area contributed by atoms with Gasteiger partial charge in [0.1, 0.15) is 26.0 Å². The fourth-order valence-electron chi connectivity index (χ4n) is 2.28. The van der Waals surface area contributed by atoms with Crippen LogP contribution in [0, 0.1) is 0 Å². The zero-order chi connectivity index (χ0) is 19.9. The first-order valence-corrected chi connectivity index (χ1v) is 11.6. The maximum Gasteiger partial charge on any atom is 0.345 e. The SMILES string of the molecule is CCOC(=O)C1=CI=C(NC(=O)c2cc(O)cc(OCc3ccccc3)c2)S1. The van der Waals surface area contributed by atoms with Crippen LogP contribution in [0.2, 0.25) is 0 Å². The number of phenolic OH excluding ortho intramolecular Hbond substituents is 1. The summed E-state index contributed by atoms with van der Waals surface area (Å²) in [5, 5.41) is 12.8. The Balaban J connectivity index is 1.61. The van der Waals surface area contributed by atoms with E-state index in [1.165, 1.54) is 23.9 Å². The van der Waals surface area contributed by atoms with Crippen molar-refractivity contribution in [1.29, 1.82) is 0 Å². The van der Waals surface area contributed by atoms with Crippen molar-refractivity contribution in [1.82, 2.24) is 5.32 Å². The summed E-state index contributed by atoms with van der Waals surface area (Å²) in [4.78, 5) is 24.8. The lowest BCUT2D eigenvalue weighted by Gasteiger charge is -2.10. The van der Waals surface area contributed by atoms with Crippen LogP contribution in [0.3, 0.4) is 0 Å². The lowest BCUT2D eigenvalue weighted by molar-refractivity contribution is -0.137. The third kappa shape index (κ3) is 5.59. The minimum atomic E-state index is -0.597. The second kappa shape index (κ2) is 9.74. The molecule has 2 aromatic rings. The van der Waals surface area contributed by atoms with Gasteiger partial charge in [0.25, 0.3) is 5.91 Å². The van der Waals surface area contributed by atoms with Crippen LogP contribution in [0.4, 0.5) is 0 Å². The Labute approximate surface area is 176 Å². The summed E-state index contributed by atoms with van der Waals surface area (Å²) in [5.41, 5.74) is 1.27. The van der Waals surface area contributed by atoms with Crippen molar-refractivity contribution in [3.05, 3.63) is 68.6 Å². The summed E-state index contributed by atoms with van der Waals surface area (Å²) in [6.45, 7) is 2.39. The molecule has 1 amide bonds. The largest absolute Gasteiger partial charge is 0.508 e. The summed E-state index contributed by atoms with van der Waals surface area (Å²) in [5.74, 6) is -0.385. The van der Waals surface area contributed by atoms with E-state index < -0.39 is 20.7 Å². The van der Waals surface area contributed by atoms with Crippen molar-refractivity contribution in [2.75, 3.05) is 6.61 Å². The van der Waals surface area contributed by atoms with Crippen LogP contribution in [-0.2, 0) is 16.1 Å². The minimum absolute atomic E-state index is 0.0557. The molecule has 2 N–H and O–H groups in total. The minimum Gasteiger partial charge on any atom is -0.508 e. The van der Waals surface area contributed by atoms with Crippen LogP contribution in [0.1, 0.15) is 22.8 Å². The van der Waals surface area contributed by atoms with Gasteiger partial charge in [-0.25, -0.2) is 4.79 Å². The van der Waals surface area contributed by atoms with Crippen molar-refractivity contribution in [2.45, 2.75) is 13.5 Å². The first-order chi connectivity index (χ1) is 13.5. The molecular weight excluding hydrogens is 493 g/mol. The molecule has 1 heterocycles. The number of nitrogens with one attached hydrogen (secondary N) is 1. The molecule has 0 radical (unpaired) electrons. The first kappa shape index (κ1) is 20.4. The Morgan fingerprint density at radius 2 is 1.96 bits per heavy atom. The van der Waals surface area contributed by atoms with Gasteiger partial charge in [0.15, 0.2) is 0 Å². The van der Waals surface area contributed by atoms with Crippen molar-refractivity contribution in [3.63, 3.8) is 0 Å². The smallest absolute Gasteiger partial charge is 0.345 e. The van der Waals surface area contributed by atoms with Crippen LogP contribution in [0.5, 0.6) is 11.5 Å². The molecule has 0 aliphatic carbocycles. The van der Waals surface area contributed by atoms with Crippen LogP contribution in [0.15, 0.2) is 57.5 Å². The van der Waals surface area contributed by atoms with Gasteiger partial charge in [0, 0.05) is 11.6 Å². The van der Waals surface area contributed by atoms with Crippen LogP contribution in [-0.4, -0.2) is 26.6 Å². The third-order valence-corrected chi connectivity index (χ3v) is 7.78. The van der Waals surface area contributed by atoms with Gasteiger partial charge in [0.2, 0.25) is 0 Å². The molecule has 0 atom stereocenters. The number of ether oxygens (including phenoxy) is 2. The standard InChI is InChI=1S/C20H18INO5S/c1-2-26-19(25)17-11-21-20(28-17)22-18(24)14-8-15(23)10-16(9-14)27-12-13-6-4-3-5-7-13/h3-11,23H,2,12H2,1H3,(H,22,24). The molecule has 0 fully saturated rings. The maximum absolute atomic E-state index is 12.5. The first-order valence-electron chi connectivity index (χ1n) is 8.42. The molecule has 3 rings (SSSR count). The molecule has 146 valence electrons. The summed E-state index contributed by atoms with van der Waals surface area (Å²) in [6, 6.07) is 14.0. The topological polar surface area (TPSA) is 84.9 Å². The second-order valence-electron chi connectivity index (χ2n) is 5.62. The monoisotopic (exact) mass is 511 g/mol. The number of carbonyl (C=O) groups excluding carboxylic acids is 2. The van der Waals surface area contributed by atoms with E-state index in [1.54, 1.807) is 13.0 Å². The maximum atomic E-state index is 12.5. The van der Waals surface area contributed by atoms with E-state index in [9.17, 15) is 14.7 Å². The van der Waals surface area contributed by atoms with Crippen LogP contribution >= 0.6 is 32.5 Å². The molecule has 0 saturated heterocycles. The van der Waals surface area contributed by atoms with E-state index in [1.807, 2.05) is 34.4 Å². The normalized spacial score (nSPS) is 13.0. The number of benzene rings is 2. The molecule has 0 bridgehead atoms. The zero-order valence-corrected chi connectivity index (χ0v) is 18.0. The summed E-state index contributed by atoms with van der Waals surface area (Å²) in [7, 11) is 0. The number of esters is 1. The molecule has 0 spiro atoms. The number of phenols is 1. The zero-order valence-electron chi connectivity index (χ0n) is 15.0. The van der Waals surface area contributed by atoms with Gasteiger partial charge in [-0.05, 0) is 28.7 Å². The summed E-state index contributed by atoms with van der Waals surface area (Å²) < 4.78 is 13.2. The second-order valence-corrected chi connectivity index (χ2v) is 9.73. The average Bonchev–Trinajstić information content (AvgIpc) is 3.15. The Hall–Kier alpha value is -2.33. The number of carbonyl (C=O) groups is 2. The number of hydrogen-bond acceptors (Lipinski definition) is 6. The number of amides is 1. The number of thioether (sulfide) groups is 1. The van der Waals surface area contributed by atoms with E-state index in [2.05, 4.69) is 5.32 Å². The molecule has 0 unspecified atom stereocenters.